The summed E-state index contributed by atoms with van der Waals surface area (Å²) in [6.45, 7) is 1.27. The molecule has 2 N–H and O–H groups in total. The maximum absolute atomic E-state index is 13.6. The molecule has 0 radical (unpaired) electrons. The number of nitrogens with one attached hydrogen (secondary N) is 1. The van der Waals surface area contributed by atoms with Crippen LogP contribution in [-0.4, -0.2) is 25.4 Å². The second-order valence-corrected chi connectivity index (χ2v) is 3.19. The molecule has 0 heterocycles. The van der Waals surface area contributed by atoms with Crippen molar-refractivity contribution in [2.24, 2.45) is 0 Å². The van der Waals surface area contributed by atoms with Gasteiger partial charge in [0.05, 0.1) is 7.11 Å². The van der Waals surface area contributed by atoms with E-state index in [-0.39, 0.29) is 18.2 Å². The Morgan fingerprint density at radius 1 is 1.47 bits per heavy atom. The zero-order valence-electron chi connectivity index (χ0n) is 8.79. The molecule has 0 fully saturated rings. The van der Waals surface area contributed by atoms with E-state index < -0.39 is 0 Å². The van der Waals surface area contributed by atoms with E-state index in [0.717, 1.165) is 0 Å². The van der Waals surface area contributed by atoms with E-state index in [0.29, 0.717) is 25.1 Å². The molecule has 0 aliphatic rings. The first-order valence-corrected chi connectivity index (χ1v) is 4.92. The van der Waals surface area contributed by atoms with Crippen LogP contribution in [0.3, 0.4) is 0 Å². The molecule has 1 aromatic rings. The Kier molecular flexibility index (Phi) is 5.07. The molecule has 0 aliphatic carbocycles. The Hall–Kier alpha value is -1.13. The fraction of sp³-hybridized carbons (Fsp3) is 0.455. The fourth-order valence-corrected chi connectivity index (χ4v) is 1.28. The maximum atomic E-state index is 13.6. The topological polar surface area (TPSA) is 41.5 Å². The lowest BCUT2D eigenvalue weighted by Gasteiger charge is -2.08. The van der Waals surface area contributed by atoms with Crippen molar-refractivity contribution in [1.29, 1.82) is 0 Å². The van der Waals surface area contributed by atoms with Gasteiger partial charge in [0.15, 0.2) is 11.6 Å². The van der Waals surface area contributed by atoms with E-state index >= 15 is 0 Å². The number of benzene rings is 1. The van der Waals surface area contributed by atoms with Gasteiger partial charge in [-0.15, -0.1) is 0 Å². The standard InChI is InChI=1S/C11H16FNO2/c1-15-10-5-2-4-9(11(10)12)8-13-6-3-7-14/h2,4-5,13-14H,3,6-8H2,1H3. The first-order valence-electron chi connectivity index (χ1n) is 4.92. The molecular weight excluding hydrogens is 197 g/mol. The van der Waals surface area contributed by atoms with Crippen LogP contribution >= 0.6 is 0 Å². The van der Waals surface area contributed by atoms with Gasteiger partial charge in [0.1, 0.15) is 0 Å². The molecule has 0 unspecified atom stereocenters. The lowest BCUT2D eigenvalue weighted by Crippen LogP contribution is -2.16. The largest absolute Gasteiger partial charge is 0.494 e. The minimum absolute atomic E-state index is 0.146. The third-order valence-corrected chi connectivity index (χ3v) is 2.09. The van der Waals surface area contributed by atoms with Crippen LogP contribution in [0.5, 0.6) is 5.75 Å². The number of hydrogen-bond donors (Lipinski definition) is 2. The number of hydrogen-bond acceptors (Lipinski definition) is 3. The van der Waals surface area contributed by atoms with E-state index in [1.807, 2.05) is 0 Å². The zero-order chi connectivity index (χ0) is 11.1. The highest BCUT2D eigenvalue weighted by molar-refractivity contribution is 5.30. The monoisotopic (exact) mass is 213 g/mol. The zero-order valence-corrected chi connectivity index (χ0v) is 8.79. The summed E-state index contributed by atoms with van der Waals surface area (Å²) in [7, 11) is 1.45. The highest BCUT2D eigenvalue weighted by Crippen LogP contribution is 2.19. The van der Waals surface area contributed by atoms with Crippen LogP contribution in [0.4, 0.5) is 4.39 Å². The summed E-state index contributed by atoms with van der Waals surface area (Å²) in [5.41, 5.74) is 0.576. The second-order valence-electron chi connectivity index (χ2n) is 3.19. The van der Waals surface area contributed by atoms with Crippen LogP contribution in [0.2, 0.25) is 0 Å². The van der Waals surface area contributed by atoms with Crippen molar-refractivity contribution < 1.29 is 14.2 Å². The highest BCUT2D eigenvalue weighted by Gasteiger charge is 2.06. The molecule has 1 rings (SSSR count). The van der Waals surface area contributed by atoms with Gasteiger partial charge in [-0.25, -0.2) is 4.39 Å². The molecule has 0 saturated carbocycles. The second kappa shape index (κ2) is 6.37. The Morgan fingerprint density at radius 3 is 2.93 bits per heavy atom. The molecule has 0 aliphatic heterocycles. The third-order valence-electron chi connectivity index (χ3n) is 2.09. The summed E-state index contributed by atoms with van der Waals surface area (Å²) in [4.78, 5) is 0. The van der Waals surface area contributed by atoms with E-state index in [1.54, 1.807) is 18.2 Å². The van der Waals surface area contributed by atoms with Crippen LogP contribution in [0.1, 0.15) is 12.0 Å². The van der Waals surface area contributed by atoms with Crippen LogP contribution in [-0.2, 0) is 6.54 Å². The number of methoxy groups -OCH3 is 1. The van der Waals surface area contributed by atoms with Crippen LogP contribution in [0.25, 0.3) is 0 Å². The van der Waals surface area contributed by atoms with Crippen LogP contribution in [0, 0.1) is 5.82 Å². The first kappa shape index (κ1) is 11.9. The molecule has 0 spiro atoms. The Morgan fingerprint density at radius 2 is 2.27 bits per heavy atom. The van der Waals surface area contributed by atoms with Crippen molar-refractivity contribution in [3.05, 3.63) is 29.6 Å². The molecule has 84 valence electrons. The van der Waals surface area contributed by atoms with Crippen molar-refractivity contribution in [3.63, 3.8) is 0 Å². The van der Waals surface area contributed by atoms with Crippen molar-refractivity contribution in [2.75, 3.05) is 20.3 Å². The Bertz CT molecular complexity index is 305. The Labute approximate surface area is 88.9 Å². The third kappa shape index (κ3) is 3.49. The molecule has 3 nitrogen and oxygen atoms in total. The lowest BCUT2D eigenvalue weighted by molar-refractivity contribution is 0.286. The highest BCUT2D eigenvalue weighted by atomic mass is 19.1. The fourth-order valence-electron chi connectivity index (χ4n) is 1.28. The summed E-state index contributed by atoms with van der Waals surface area (Å²) < 4.78 is 18.4. The summed E-state index contributed by atoms with van der Waals surface area (Å²) in [6.07, 6.45) is 0.672. The predicted molar refractivity (Wildman–Crippen MR) is 56.4 cm³/mol. The molecule has 1 aromatic carbocycles. The van der Waals surface area contributed by atoms with E-state index in [9.17, 15) is 4.39 Å². The molecule has 0 atom stereocenters. The van der Waals surface area contributed by atoms with Gasteiger partial charge in [-0.1, -0.05) is 12.1 Å². The molecular formula is C11H16FNO2. The normalized spacial score (nSPS) is 10.3. The van der Waals surface area contributed by atoms with Crippen molar-refractivity contribution in [3.8, 4) is 5.75 Å². The molecule has 15 heavy (non-hydrogen) atoms. The molecule has 0 bridgehead atoms. The number of halogens is 1. The smallest absolute Gasteiger partial charge is 0.169 e. The molecule has 4 heteroatoms. The summed E-state index contributed by atoms with van der Waals surface area (Å²) in [5.74, 6) is -0.0621. The van der Waals surface area contributed by atoms with Crippen LogP contribution in [0.15, 0.2) is 18.2 Å². The quantitative estimate of drug-likeness (QED) is 0.700. The summed E-state index contributed by atoms with van der Waals surface area (Å²) >= 11 is 0. The average Bonchev–Trinajstić information content (AvgIpc) is 2.26. The van der Waals surface area contributed by atoms with Gasteiger partial charge in [0.2, 0.25) is 0 Å². The minimum Gasteiger partial charge on any atom is -0.494 e. The van der Waals surface area contributed by atoms with Gasteiger partial charge >= 0.3 is 0 Å². The maximum Gasteiger partial charge on any atom is 0.169 e. The van der Waals surface area contributed by atoms with Gasteiger partial charge in [-0.3, -0.25) is 0 Å². The minimum atomic E-state index is -0.323. The predicted octanol–water partition coefficient (Wildman–Crippen LogP) is 1.31. The first-order chi connectivity index (χ1) is 7.29. The molecule has 0 aromatic heterocycles. The van der Waals surface area contributed by atoms with Gasteiger partial charge in [0.25, 0.3) is 0 Å². The van der Waals surface area contributed by atoms with Gasteiger partial charge < -0.3 is 15.2 Å². The van der Waals surface area contributed by atoms with E-state index in [2.05, 4.69) is 5.32 Å². The van der Waals surface area contributed by atoms with E-state index in [4.69, 9.17) is 9.84 Å². The van der Waals surface area contributed by atoms with Crippen molar-refractivity contribution in [2.45, 2.75) is 13.0 Å². The Balaban J connectivity index is 2.53. The number of ether oxygens (including phenoxy) is 1. The van der Waals surface area contributed by atoms with Gasteiger partial charge in [-0.05, 0) is 19.0 Å². The number of aliphatic hydroxyl groups is 1. The van der Waals surface area contributed by atoms with Crippen molar-refractivity contribution >= 4 is 0 Å². The van der Waals surface area contributed by atoms with Crippen molar-refractivity contribution in [1.82, 2.24) is 5.32 Å². The average molecular weight is 213 g/mol. The number of rotatable bonds is 6. The number of aliphatic hydroxyl groups excluding tert-OH is 1. The molecule has 0 saturated heterocycles. The lowest BCUT2D eigenvalue weighted by atomic mass is 10.2. The van der Waals surface area contributed by atoms with Crippen LogP contribution < -0.4 is 10.1 Å². The van der Waals surface area contributed by atoms with Gasteiger partial charge in [0, 0.05) is 18.7 Å². The van der Waals surface area contributed by atoms with E-state index in [1.165, 1.54) is 7.11 Å². The summed E-state index contributed by atoms with van der Waals surface area (Å²) in [5, 5.41) is 11.6. The van der Waals surface area contributed by atoms with Gasteiger partial charge in [-0.2, -0.15) is 0 Å². The summed E-state index contributed by atoms with van der Waals surface area (Å²) in [6, 6.07) is 5.06. The SMILES string of the molecule is COc1cccc(CNCCCO)c1F. The molecule has 0 amide bonds.